The van der Waals surface area contributed by atoms with E-state index in [0.29, 0.717) is 19.1 Å². The van der Waals surface area contributed by atoms with E-state index >= 15 is 0 Å². The average molecular weight is 416 g/mol. The molecule has 1 saturated heterocycles. The van der Waals surface area contributed by atoms with Crippen LogP contribution in [0.15, 0.2) is 72.8 Å². The van der Waals surface area contributed by atoms with Crippen molar-refractivity contribution in [3.8, 4) is 11.5 Å². The first-order valence-corrected chi connectivity index (χ1v) is 10.7. The number of hydrogen-bond donors (Lipinski definition) is 2. The number of aryl methyl sites for hydroxylation is 2. The molecule has 0 aromatic heterocycles. The molecule has 1 aliphatic rings. The number of rotatable bonds is 6. The SMILES string of the molecule is Cc1ccc(C(C)NC2CN(C(=O)Nc3ccc(Oc4ccccc4)cc3)C2)c(C)c1. The number of hydrogen-bond acceptors (Lipinski definition) is 3. The molecule has 1 atom stereocenters. The van der Waals surface area contributed by atoms with Crippen molar-refractivity contribution in [2.75, 3.05) is 18.4 Å². The van der Waals surface area contributed by atoms with Crippen LogP contribution in [0, 0.1) is 13.8 Å². The molecule has 0 bridgehead atoms. The van der Waals surface area contributed by atoms with Gasteiger partial charge < -0.3 is 20.3 Å². The van der Waals surface area contributed by atoms with Crippen molar-refractivity contribution in [3.63, 3.8) is 0 Å². The van der Waals surface area contributed by atoms with Crippen molar-refractivity contribution >= 4 is 11.7 Å². The summed E-state index contributed by atoms with van der Waals surface area (Å²) in [6.07, 6.45) is 0. The van der Waals surface area contributed by atoms with Crippen molar-refractivity contribution in [1.29, 1.82) is 0 Å². The van der Waals surface area contributed by atoms with Crippen LogP contribution in [0.3, 0.4) is 0 Å². The van der Waals surface area contributed by atoms with Crippen LogP contribution in [-0.4, -0.2) is 30.1 Å². The second-order valence-corrected chi connectivity index (χ2v) is 8.22. The Morgan fingerprint density at radius 1 is 0.968 bits per heavy atom. The van der Waals surface area contributed by atoms with Crippen LogP contribution in [0.25, 0.3) is 0 Å². The van der Waals surface area contributed by atoms with Crippen LogP contribution in [0.1, 0.15) is 29.7 Å². The van der Waals surface area contributed by atoms with Crippen LogP contribution < -0.4 is 15.4 Å². The van der Waals surface area contributed by atoms with Gasteiger partial charge in [0.05, 0.1) is 0 Å². The van der Waals surface area contributed by atoms with E-state index in [9.17, 15) is 4.79 Å². The summed E-state index contributed by atoms with van der Waals surface area (Å²) < 4.78 is 5.79. The highest BCUT2D eigenvalue weighted by atomic mass is 16.5. The summed E-state index contributed by atoms with van der Waals surface area (Å²) in [4.78, 5) is 14.3. The molecule has 0 saturated carbocycles. The molecule has 3 aromatic carbocycles. The van der Waals surface area contributed by atoms with Crippen molar-refractivity contribution in [3.05, 3.63) is 89.5 Å². The van der Waals surface area contributed by atoms with Gasteiger partial charge >= 0.3 is 6.03 Å². The predicted octanol–water partition coefficient (Wildman–Crippen LogP) is 5.66. The normalized spacial score (nSPS) is 14.6. The van der Waals surface area contributed by atoms with Gasteiger partial charge in [0.1, 0.15) is 11.5 Å². The third kappa shape index (κ3) is 5.25. The van der Waals surface area contributed by atoms with Crippen LogP contribution in [0.2, 0.25) is 0 Å². The molecule has 31 heavy (non-hydrogen) atoms. The lowest BCUT2D eigenvalue weighted by atomic mass is 9.98. The van der Waals surface area contributed by atoms with E-state index in [1.807, 2.05) is 59.5 Å². The highest BCUT2D eigenvalue weighted by Gasteiger charge is 2.31. The highest BCUT2D eigenvalue weighted by molar-refractivity contribution is 5.90. The molecular weight excluding hydrogens is 386 g/mol. The molecular formula is C26H29N3O2. The minimum Gasteiger partial charge on any atom is -0.457 e. The lowest BCUT2D eigenvalue weighted by Gasteiger charge is -2.41. The lowest BCUT2D eigenvalue weighted by Crippen LogP contribution is -2.61. The van der Waals surface area contributed by atoms with Gasteiger partial charge in [-0.25, -0.2) is 4.79 Å². The van der Waals surface area contributed by atoms with E-state index in [1.165, 1.54) is 16.7 Å². The topological polar surface area (TPSA) is 53.6 Å². The Hall–Kier alpha value is -3.31. The smallest absolute Gasteiger partial charge is 0.321 e. The number of carbonyl (C=O) groups is 1. The Morgan fingerprint density at radius 3 is 2.32 bits per heavy atom. The number of benzene rings is 3. The number of likely N-dealkylation sites (tertiary alicyclic amines) is 1. The first-order chi connectivity index (χ1) is 15.0. The van der Waals surface area contributed by atoms with Gasteiger partial charge in [0.2, 0.25) is 0 Å². The maximum absolute atomic E-state index is 12.5. The molecule has 2 amide bonds. The fourth-order valence-corrected chi connectivity index (χ4v) is 3.94. The van der Waals surface area contributed by atoms with E-state index in [0.717, 1.165) is 17.2 Å². The van der Waals surface area contributed by atoms with E-state index in [-0.39, 0.29) is 12.1 Å². The molecule has 5 heteroatoms. The molecule has 1 fully saturated rings. The molecule has 160 valence electrons. The summed E-state index contributed by atoms with van der Waals surface area (Å²) in [6, 6.07) is 24.1. The molecule has 3 aromatic rings. The van der Waals surface area contributed by atoms with Crippen molar-refractivity contribution < 1.29 is 9.53 Å². The van der Waals surface area contributed by atoms with Gasteiger partial charge in [-0.3, -0.25) is 0 Å². The molecule has 1 heterocycles. The van der Waals surface area contributed by atoms with Gasteiger partial charge in [-0.2, -0.15) is 0 Å². The molecule has 0 radical (unpaired) electrons. The maximum atomic E-state index is 12.5. The third-order valence-corrected chi connectivity index (χ3v) is 5.63. The monoisotopic (exact) mass is 415 g/mol. The number of para-hydroxylation sites is 1. The summed E-state index contributed by atoms with van der Waals surface area (Å²) in [5, 5.41) is 6.59. The minimum atomic E-state index is -0.0750. The van der Waals surface area contributed by atoms with Gasteiger partial charge in [0.15, 0.2) is 0 Å². The second kappa shape index (κ2) is 9.23. The van der Waals surface area contributed by atoms with Crippen LogP contribution >= 0.6 is 0 Å². The molecule has 1 aliphatic heterocycles. The summed E-state index contributed by atoms with van der Waals surface area (Å²) in [7, 11) is 0. The van der Waals surface area contributed by atoms with Crippen molar-refractivity contribution in [2.24, 2.45) is 0 Å². The lowest BCUT2D eigenvalue weighted by molar-refractivity contribution is 0.143. The number of nitrogens with zero attached hydrogens (tertiary/aromatic N) is 1. The molecule has 2 N–H and O–H groups in total. The molecule has 5 nitrogen and oxygen atoms in total. The van der Waals surface area contributed by atoms with Gasteiger partial charge in [-0.1, -0.05) is 42.0 Å². The maximum Gasteiger partial charge on any atom is 0.321 e. The van der Waals surface area contributed by atoms with E-state index in [1.54, 1.807) is 0 Å². The van der Waals surface area contributed by atoms with Crippen molar-refractivity contribution in [1.82, 2.24) is 10.2 Å². The fraction of sp³-hybridized carbons (Fsp3) is 0.269. The zero-order chi connectivity index (χ0) is 21.8. The Labute approximate surface area is 184 Å². The second-order valence-electron chi connectivity index (χ2n) is 8.22. The zero-order valence-corrected chi connectivity index (χ0v) is 18.3. The number of anilines is 1. The number of carbonyl (C=O) groups excluding carboxylic acids is 1. The Balaban J connectivity index is 1.24. The average Bonchev–Trinajstić information content (AvgIpc) is 2.72. The van der Waals surface area contributed by atoms with Gasteiger partial charge in [0.25, 0.3) is 0 Å². The van der Waals surface area contributed by atoms with E-state index in [2.05, 4.69) is 49.6 Å². The summed E-state index contributed by atoms with van der Waals surface area (Å²) in [5.74, 6) is 1.52. The van der Waals surface area contributed by atoms with Crippen LogP contribution in [0.5, 0.6) is 11.5 Å². The highest BCUT2D eigenvalue weighted by Crippen LogP contribution is 2.24. The quantitative estimate of drug-likeness (QED) is 0.546. The molecule has 0 aliphatic carbocycles. The number of ether oxygens (including phenoxy) is 1. The van der Waals surface area contributed by atoms with Crippen molar-refractivity contribution in [2.45, 2.75) is 32.9 Å². The van der Waals surface area contributed by atoms with E-state index < -0.39 is 0 Å². The fourth-order valence-electron chi connectivity index (χ4n) is 3.94. The van der Waals surface area contributed by atoms with Gasteiger partial charge in [-0.05, 0) is 68.3 Å². The molecule has 4 rings (SSSR count). The first kappa shape index (κ1) is 20.9. The van der Waals surface area contributed by atoms with Crippen LogP contribution in [0.4, 0.5) is 10.5 Å². The summed E-state index contributed by atoms with van der Waals surface area (Å²) in [5.41, 5.74) is 4.64. The zero-order valence-electron chi connectivity index (χ0n) is 18.3. The summed E-state index contributed by atoms with van der Waals surface area (Å²) in [6.45, 7) is 7.85. The minimum absolute atomic E-state index is 0.0750. The number of nitrogens with one attached hydrogen (secondary N) is 2. The van der Waals surface area contributed by atoms with Gasteiger partial charge in [-0.15, -0.1) is 0 Å². The molecule has 0 spiro atoms. The third-order valence-electron chi connectivity index (χ3n) is 5.63. The summed E-state index contributed by atoms with van der Waals surface area (Å²) >= 11 is 0. The van der Waals surface area contributed by atoms with E-state index in [4.69, 9.17) is 4.74 Å². The first-order valence-electron chi connectivity index (χ1n) is 10.7. The standard InChI is InChI=1S/C26H29N3O2/c1-18-9-14-25(19(2)15-18)20(3)27-22-16-29(17-22)26(30)28-21-10-12-24(13-11-21)31-23-7-5-4-6-8-23/h4-15,20,22,27H,16-17H2,1-3H3,(H,28,30). The number of amides is 2. The number of urea groups is 1. The largest absolute Gasteiger partial charge is 0.457 e. The Kier molecular flexibility index (Phi) is 6.23. The predicted molar refractivity (Wildman–Crippen MR) is 125 cm³/mol. The Morgan fingerprint density at radius 2 is 1.65 bits per heavy atom. The molecule has 1 unspecified atom stereocenters. The van der Waals surface area contributed by atoms with Gasteiger partial charge in [0, 0.05) is 30.9 Å². The Bertz CT molecular complexity index is 1030. The van der Waals surface area contributed by atoms with Crippen LogP contribution in [-0.2, 0) is 0 Å².